The summed E-state index contributed by atoms with van der Waals surface area (Å²) < 4.78 is 0. The maximum Gasteiger partial charge on any atom is 0.306 e. The van der Waals surface area contributed by atoms with E-state index in [9.17, 15) is 9.59 Å². The second kappa shape index (κ2) is 3.98. The Balaban J connectivity index is 2.37. The predicted molar refractivity (Wildman–Crippen MR) is 51.7 cm³/mol. The SMILES string of the molecule is CC(C)C(=O)N1CC(C(C)C(=O)O)C1. The Labute approximate surface area is 83.9 Å². The largest absolute Gasteiger partial charge is 0.481 e. The zero-order valence-electron chi connectivity index (χ0n) is 8.86. The minimum atomic E-state index is -0.772. The van der Waals surface area contributed by atoms with Crippen LogP contribution < -0.4 is 0 Å². The van der Waals surface area contributed by atoms with Crippen molar-refractivity contribution in [1.82, 2.24) is 4.90 Å². The smallest absolute Gasteiger partial charge is 0.306 e. The van der Waals surface area contributed by atoms with Gasteiger partial charge in [-0.1, -0.05) is 20.8 Å². The van der Waals surface area contributed by atoms with E-state index in [4.69, 9.17) is 5.11 Å². The van der Waals surface area contributed by atoms with Crippen LogP contribution in [-0.4, -0.2) is 35.0 Å². The van der Waals surface area contributed by atoms with Crippen molar-refractivity contribution in [3.63, 3.8) is 0 Å². The molecule has 1 saturated heterocycles. The summed E-state index contributed by atoms with van der Waals surface area (Å²) in [5, 5.41) is 8.75. The molecule has 4 nitrogen and oxygen atoms in total. The maximum atomic E-state index is 11.4. The normalized spacial score (nSPS) is 19.3. The van der Waals surface area contributed by atoms with Gasteiger partial charge in [-0.25, -0.2) is 0 Å². The van der Waals surface area contributed by atoms with Crippen molar-refractivity contribution in [2.24, 2.45) is 17.8 Å². The summed E-state index contributed by atoms with van der Waals surface area (Å²) in [6.45, 7) is 6.62. The van der Waals surface area contributed by atoms with E-state index in [2.05, 4.69) is 0 Å². The molecule has 1 amide bonds. The summed E-state index contributed by atoms with van der Waals surface area (Å²) >= 11 is 0. The number of aliphatic carboxylic acids is 1. The third kappa shape index (κ3) is 2.05. The van der Waals surface area contributed by atoms with E-state index in [1.54, 1.807) is 11.8 Å². The van der Waals surface area contributed by atoms with Gasteiger partial charge in [-0.2, -0.15) is 0 Å². The lowest BCUT2D eigenvalue weighted by Gasteiger charge is -2.42. The minimum Gasteiger partial charge on any atom is -0.481 e. The zero-order valence-corrected chi connectivity index (χ0v) is 8.86. The third-order valence-electron chi connectivity index (χ3n) is 2.81. The molecule has 0 saturated carbocycles. The first-order valence-corrected chi connectivity index (χ1v) is 4.95. The second-order valence-electron chi connectivity index (χ2n) is 4.28. The summed E-state index contributed by atoms with van der Waals surface area (Å²) in [6.07, 6.45) is 0. The van der Waals surface area contributed by atoms with Crippen molar-refractivity contribution in [2.45, 2.75) is 20.8 Å². The van der Waals surface area contributed by atoms with Gasteiger partial charge in [0.05, 0.1) is 5.92 Å². The Hall–Kier alpha value is -1.06. The summed E-state index contributed by atoms with van der Waals surface area (Å²) in [5.41, 5.74) is 0. The molecule has 0 bridgehead atoms. The lowest BCUT2D eigenvalue weighted by atomic mass is 9.86. The molecule has 0 radical (unpaired) electrons. The standard InChI is InChI=1S/C10H17NO3/c1-6(2)9(12)11-4-8(5-11)7(3)10(13)14/h6-8H,4-5H2,1-3H3,(H,13,14). The average molecular weight is 199 g/mol. The first-order chi connectivity index (χ1) is 6.43. The molecular weight excluding hydrogens is 182 g/mol. The molecule has 0 aliphatic carbocycles. The molecule has 1 unspecified atom stereocenters. The summed E-state index contributed by atoms with van der Waals surface area (Å²) in [5.74, 6) is -0.844. The number of hydrogen-bond acceptors (Lipinski definition) is 2. The fourth-order valence-corrected chi connectivity index (χ4v) is 1.58. The van der Waals surface area contributed by atoms with Gasteiger partial charge in [0.15, 0.2) is 0 Å². The maximum absolute atomic E-state index is 11.4. The van der Waals surface area contributed by atoms with Gasteiger partial charge in [0.25, 0.3) is 0 Å². The van der Waals surface area contributed by atoms with E-state index in [0.717, 1.165) is 0 Å². The summed E-state index contributed by atoms with van der Waals surface area (Å²) in [4.78, 5) is 23.8. The molecule has 0 aromatic rings. The van der Waals surface area contributed by atoms with E-state index in [-0.39, 0.29) is 23.7 Å². The van der Waals surface area contributed by atoms with E-state index in [0.29, 0.717) is 13.1 Å². The number of likely N-dealkylation sites (tertiary alicyclic amines) is 1. The van der Waals surface area contributed by atoms with Crippen LogP contribution in [0.2, 0.25) is 0 Å². The second-order valence-corrected chi connectivity index (χ2v) is 4.28. The van der Waals surface area contributed by atoms with Crippen LogP contribution in [0, 0.1) is 17.8 Å². The van der Waals surface area contributed by atoms with Gasteiger partial charge in [0, 0.05) is 24.9 Å². The van der Waals surface area contributed by atoms with Crippen LogP contribution in [0.1, 0.15) is 20.8 Å². The molecule has 1 atom stereocenters. The lowest BCUT2D eigenvalue weighted by molar-refractivity contribution is -0.151. The quantitative estimate of drug-likeness (QED) is 0.732. The van der Waals surface area contributed by atoms with Crippen molar-refractivity contribution in [3.8, 4) is 0 Å². The minimum absolute atomic E-state index is 0.0103. The van der Waals surface area contributed by atoms with Gasteiger partial charge in [0.2, 0.25) is 5.91 Å². The van der Waals surface area contributed by atoms with Gasteiger partial charge in [-0.15, -0.1) is 0 Å². The Kier molecular flexibility index (Phi) is 3.13. The van der Waals surface area contributed by atoms with Crippen LogP contribution in [-0.2, 0) is 9.59 Å². The van der Waals surface area contributed by atoms with Crippen molar-refractivity contribution in [2.75, 3.05) is 13.1 Å². The van der Waals surface area contributed by atoms with Gasteiger partial charge >= 0.3 is 5.97 Å². The van der Waals surface area contributed by atoms with E-state index in [1.165, 1.54) is 0 Å². The zero-order chi connectivity index (χ0) is 10.9. The van der Waals surface area contributed by atoms with E-state index < -0.39 is 5.97 Å². The van der Waals surface area contributed by atoms with Gasteiger partial charge in [0.1, 0.15) is 0 Å². The average Bonchev–Trinajstić information content (AvgIpc) is 2.00. The molecule has 14 heavy (non-hydrogen) atoms. The molecule has 4 heteroatoms. The molecule has 0 aromatic carbocycles. The molecule has 1 heterocycles. The Morgan fingerprint density at radius 1 is 1.29 bits per heavy atom. The number of carboxylic acid groups (broad SMARTS) is 1. The van der Waals surface area contributed by atoms with Crippen molar-refractivity contribution in [3.05, 3.63) is 0 Å². The number of amides is 1. The predicted octanol–water partition coefficient (Wildman–Crippen LogP) is 0.821. The Morgan fingerprint density at radius 2 is 1.79 bits per heavy atom. The number of carboxylic acids is 1. The number of carbonyl (C=O) groups is 2. The number of nitrogens with zero attached hydrogens (tertiary/aromatic N) is 1. The van der Waals surface area contributed by atoms with Crippen LogP contribution in [0.3, 0.4) is 0 Å². The number of hydrogen-bond donors (Lipinski definition) is 1. The highest BCUT2D eigenvalue weighted by Gasteiger charge is 2.37. The number of rotatable bonds is 3. The van der Waals surface area contributed by atoms with Crippen LogP contribution >= 0.6 is 0 Å². The molecule has 1 rings (SSSR count). The van der Waals surface area contributed by atoms with Gasteiger partial charge in [-0.05, 0) is 0 Å². The molecule has 0 spiro atoms. The molecule has 1 N–H and O–H groups in total. The molecule has 80 valence electrons. The first kappa shape index (κ1) is 11.0. The van der Waals surface area contributed by atoms with Crippen LogP contribution in [0.25, 0.3) is 0 Å². The highest BCUT2D eigenvalue weighted by Crippen LogP contribution is 2.25. The van der Waals surface area contributed by atoms with Gasteiger partial charge < -0.3 is 10.0 Å². The van der Waals surface area contributed by atoms with Crippen LogP contribution in [0.5, 0.6) is 0 Å². The van der Waals surface area contributed by atoms with Gasteiger partial charge in [-0.3, -0.25) is 9.59 Å². The highest BCUT2D eigenvalue weighted by atomic mass is 16.4. The molecule has 0 aromatic heterocycles. The van der Waals surface area contributed by atoms with Crippen LogP contribution in [0.15, 0.2) is 0 Å². The topological polar surface area (TPSA) is 57.6 Å². The summed E-state index contributed by atoms with van der Waals surface area (Å²) in [6, 6.07) is 0. The molecule has 1 aliphatic heterocycles. The molecule has 1 fully saturated rings. The van der Waals surface area contributed by atoms with Crippen molar-refractivity contribution >= 4 is 11.9 Å². The fourth-order valence-electron chi connectivity index (χ4n) is 1.58. The monoisotopic (exact) mass is 199 g/mol. The third-order valence-corrected chi connectivity index (χ3v) is 2.81. The van der Waals surface area contributed by atoms with Crippen molar-refractivity contribution in [1.29, 1.82) is 0 Å². The Morgan fingerprint density at radius 3 is 2.14 bits per heavy atom. The van der Waals surface area contributed by atoms with Crippen LogP contribution in [0.4, 0.5) is 0 Å². The van der Waals surface area contributed by atoms with E-state index >= 15 is 0 Å². The highest BCUT2D eigenvalue weighted by molar-refractivity contribution is 5.79. The Bertz CT molecular complexity index is 244. The first-order valence-electron chi connectivity index (χ1n) is 4.95. The van der Waals surface area contributed by atoms with Crippen molar-refractivity contribution < 1.29 is 14.7 Å². The lowest BCUT2D eigenvalue weighted by Crippen LogP contribution is -2.54. The molecular formula is C10H17NO3. The number of carbonyl (C=O) groups excluding carboxylic acids is 1. The summed E-state index contributed by atoms with van der Waals surface area (Å²) in [7, 11) is 0. The fraction of sp³-hybridized carbons (Fsp3) is 0.800. The molecule has 1 aliphatic rings. The van der Waals surface area contributed by atoms with E-state index in [1.807, 2.05) is 13.8 Å².